The first-order valence-electron chi connectivity index (χ1n) is 5.49. The van der Waals surface area contributed by atoms with E-state index < -0.39 is 0 Å². The predicted molar refractivity (Wildman–Crippen MR) is 68.3 cm³/mol. The summed E-state index contributed by atoms with van der Waals surface area (Å²) in [5.74, 6) is 0.862. The molecule has 1 aromatic rings. The van der Waals surface area contributed by atoms with Crippen LogP contribution >= 0.6 is 0 Å². The van der Waals surface area contributed by atoms with Crippen LogP contribution in [0.5, 0.6) is 5.75 Å². The van der Waals surface area contributed by atoms with Gasteiger partial charge in [-0.2, -0.15) is 5.10 Å². The van der Waals surface area contributed by atoms with Crippen molar-refractivity contribution in [3.05, 3.63) is 29.3 Å². The van der Waals surface area contributed by atoms with Crippen molar-refractivity contribution in [1.82, 2.24) is 0 Å². The number of methoxy groups -OCH3 is 1. The van der Waals surface area contributed by atoms with Crippen molar-refractivity contribution < 1.29 is 4.74 Å². The molecule has 0 saturated heterocycles. The lowest BCUT2D eigenvalue weighted by molar-refractivity contribution is 0.414. The first-order chi connectivity index (χ1) is 8.19. The fourth-order valence-electron chi connectivity index (χ4n) is 1.94. The molecule has 17 heavy (non-hydrogen) atoms. The van der Waals surface area contributed by atoms with Crippen LogP contribution in [0.3, 0.4) is 0 Å². The van der Waals surface area contributed by atoms with Gasteiger partial charge < -0.3 is 16.2 Å². The molecule has 0 amide bonds. The van der Waals surface area contributed by atoms with Crippen molar-refractivity contribution >= 4 is 11.7 Å². The molecule has 1 aliphatic rings. The fourth-order valence-corrected chi connectivity index (χ4v) is 1.94. The van der Waals surface area contributed by atoms with Crippen LogP contribution in [0.2, 0.25) is 0 Å². The van der Waals surface area contributed by atoms with Crippen LogP contribution in [-0.2, 0) is 12.8 Å². The maximum Gasteiger partial charge on any atom is 0.211 e. The number of ether oxygens (including phenoxy) is 1. The number of nitrogens with two attached hydrogens (primary N) is 2. The third kappa shape index (κ3) is 2.75. The Morgan fingerprint density at radius 1 is 1.24 bits per heavy atom. The zero-order chi connectivity index (χ0) is 12.3. The number of rotatable bonds is 2. The van der Waals surface area contributed by atoms with E-state index in [1.165, 1.54) is 11.1 Å². The minimum Gasteiger partial charge on any atom is -0.497 e. The molecular weight excluding hydrogens is 216 g/mol. The predicted octanol–water partition coefficient (Wildman–Crippen LogP) is 0.813. The topological polar surface area (TPSA) is 86.0 Å². The number of benzene rings is 1. The first-order valence-corrected chi connectivity index (χ1v) is 5.49. The smallest absolute Gasteiger partial charge is 0.211 e. The highest BCUT2D eigenvalue weighted by molar-refractivity contribution is 5.89. The van der Waals surface area contributed by atoms with E-state index >= 15 is 0 Å². The fraction of sp³-hybridized carbons (Fsp3) is 0.333. The van der Waals surface area contributed by atoms with Gasteiger partial charge in [-0.05, 0) is 36.1 Å². The number of guanidine groups is 1. The van der Waals surface area contributed by atoms with Crippen molar-refractivity contribution in [3.63, 3.8) is 0 Å². The van der Waals surface area contributed by atoms with Gasteiger partial charge >= 0.3 is 0 Å². The molecule has 0 radical (unpaired) electrons. The molecule has 1 aliphatic carbocycles. The van der Waals surface area contributed by atoms with Crippen LogP contribution in [-0.4, -0.2) is 18.8 Å². The Bertz CT molecular complexity index is 475. The molecule has 0 saturated carbocycles. The minimum atomic E-state index is -0.00561. The van der Waals surface area contributed by atoms with Crippen LogP contribution in [0, 0.1) is 0 Å². The molecule has 4 N–H and O–H groups in total. The second-order valence-corrected chi connectivity index (χ2v) is 4.00. The van der Waals surface area contributed by atoms with Gasteiger partial charge in [-0.3, -0.25) is 0 Å². The van der Waals surface area contributed by atoms with Gasteiger partial charge in [0, 0.05) is 12.1 Å². The average molecular weight is 232 g/mol. The van der Waals surface area contributed by atoms with Gasteiger partial charge in [0.15, 0.2) is 0 Å². The lowest BCUT2D eigenvalue weighted by Gasteiger charge is -2.17. The van der Waals surface area contributed by atoms with Gasteiger partial charge in [-0.15, -0.1) is 5.10 Å². The molecule has 0 fully saturated rings. The highest BCUT2D eigenvalue weighted by atomic mass is 16.5. The van der Waals surface area contributed by atoms with E-state index in [0.29, 0.717) is 0 Å². The van der Waals surface area contributed by atoms with Gasteiger partial charge in [0.25, 0.3) is 0 Å². The summed E-state index contributed by atoms with van der Waals surface area (Å²) < 4.78 is 5.21. The largest absolute Gasteiger partial charge is 0.497 e. The molecule has 5 heteroatoms. The first kappa shape index (κ1) is 11.4. The maximum absolute atomic E-state index is 5.25. The molecule has 1 aromatic carbocycles. The number of hydrogen-bond donors (Lipinski definition) is 2. The molecule has 0 heterocycles. The molecule has 90 valence electrons. The lowest BCUT2D eigenvalue weighted by Crippen LogP contribution is -2.22. The van der Waals surface area contributed by atoms with Crippen molar-refractivity contribution in [2.45, 2.75) is 19.3 Å². The Morgan fingerprint density at radius 3 is 2.76 bits per heavy atom. The summed E-state index contributed by atoms with van der Waals surface area (Å²) in [7, 11) is 1.67. The van der Waals surface area contributed by atoms with Crippen molar-refractivity contribution in [2.75, 3.05) is 7.11 Å². The van der Waals surface area contributed by atoms with Crippen LogP contribution in [0.15, 0.2) is 28.4 Å². The third-order valence-corrected chi connectivity index (χ3v) is 2.80. The zero-order valence-corrected chi connectivity index (χ0v) is 9.81. The Balaban J connectivity index is 2.22. The zero-order valence-electron chi connectivity index (χ0n) is 9.81. The van der Waals surface area contributed by atoms with Crippen molar-refractivity contribution in [3.8, 4) is 5.75 Å². The van der Waals surface area contributed by atoms with Crippen LogP contribution in [0.4, 0.5) is 0 Å². The Labute approximate surface area is 100 Å². The van der Waals surface area contributed by atoms with Crippen molar-refractivity contribution in [2.24, 2.45) is 21.7 Å². The van der Waals surface area contributed by atoms with E-state index in [-0.39, 0.29) is 5.96 Å². The summed E-state index contributed by atoms with van der Waals surface area (Å²) in [5.41, 5.74) is 14.1. The van der Waals surface area contributed by atoms with E-state index in [1.54, 1.807) is 7.11 Å². The SMILES string of the molecule is COc1ccc2c(c1)C/C(=N\N=C(N)N)CC2. The third-order valence-electron chi connectivity index (χ3n) is 2.80. The monoisotopic (exact) mass is 232 g/mol. The molecule has 2 rings (SSSR count). The normalized spacial score (nSPS) is 16.4. The second kappa shape index (κ2) is 4.86. The van der Waals surface area contributed by atoms with E-state index in [1.807, 2.05) is 12.1 Å². The molecule has 0 bridgehead atoms. The van der Waals surface area contributed by atoms with Crippen LogP contribution < -0.4 is 16.2 Å². The maximum atomic E-state index is 5.25. The molecule has 0 unspecified atom stereocenters. The summed E-state index contributed by atoms with van der Waals surface area (Å²) in [5, 5.41) is 7.74. The molecular formula is C12H16N4O. The van der Waals surface area contributed by atoms with E-state index in [4.69, 9.17) is 16.2 Å². The molecule has 0 spiro atoms. The molecule has 0 aromatic heterocycles. The molecule has 5 nitrogen and oxygen atoms in total. The number of hydrogen-bond acceptors (Lipinski definition) is 3. The van der Waals surface area contributed by atoms with Crippen LogP contribution in [0.25, 0.3) is 0 Å². The van der Waals surface area contributed by atoms with Gasteiger partial charge in [0.2, 0.25) is 5.96 Å². The number of aryl methyl sites for hydroxylation is 1. The Morgan fingerprint density at radius 2 is 2.06 bits per heavy atom. The number of nitrogens with zero attached hydrogens (tertiary/aromatic N) is 2. The highest BCUT2D eigenvalue weighted by Gasteiger charge is 2.14. The van der Waals surface area contributed by atoms with Gasteiger partial charge in [0.1, 0.15) is 5.75 Å². The van der Waals surface area contributed by atoms with Crippen molar-refractivity contribution in [1.29, 1.82) is 0 Å². The summed E-state index contributed by atoms with van der Waals surface area (Å²) in [6, 6.07) is 6.13. The van der Waals surface area contributed by atoms with E-state index in [0.717, 1.165) is 30.7 Å². The van der Waals surface area contributed by atoms with Crippen LogP contribution in [0.1, 0.15) is 17.5 Å². The standard InChI is InChI=1S/C12H16N4O/c1-17-11-5-3-8-2-4-10(6-9(8)7-11)15-16-12(13)14/h3,5,7H,2,4,6H2,1H3,(H4,13,14,16)/b15-10-. The molecule has 0 atom stereocenters. The van der Waals surface area contributed by atoms with Gasteiger partial charge in [-0.1, -0.05) is 6.07 Å². The van der Waals surface area contributed by atoms with Gasteiger partial charge in [0.05, 0.1) is 7.11 Å². The Kier molecular flexibility index (Phi) is 3.27. The number of fused-ring (bicyclic) bond motifs is 1. The van der Waals surface area contributed by atoms with E-state index in [9.17, 15) is 0 Å². The summed E-state index contributed by atoms with van der Waals surface area (Å²) in [6.45, 7) is 0. The minimum absolute atomic E-state index is 0.00561. The molecule has 0 aliphatic heterocycles. The second-order valence-electron chi connectivity index (χ2n) is 4.00. The average Bonchev–Trinajstić information content (AvgIpc) is 2.35. The van der Waals surface area contributed by atoms with Gasteiger partial charge in [-0.25, -0.2) is 0 Å². The quantitative estimate of drug-likeness (QED) is 0.449. The highest BCUT2D eigenvalue weighted by Crippen LogP contribution is 2.24. The Hall–Kier alpha value is -2.04. The lowest BCUT2D eigenvalue weighted by atomic mass is 9.90. The van der Waals surface area contributed by atoms with E-state index in [2.05, 4.69) is 16.3 Å². The summed E-state index contributed by atoms with van der Waals surface area (Å²) in [4.78, 5) is 0. The summed E-state index contributed by atoms with van der Waals surface area (Å²) in [6.07, 6.45) is 2.65. The summed E-state index contributed by atoms with van der Waals surface area (Å²) >= 11 is 0.